The SMILES string of the molecule is O=P([O-])([O-])CN(CCN(CCN(CCN(CP(=O)([O-])[O-])CP(=O)([O-])[O-])CP(=O)([O-])[O-])CP(=O)([O-])[O-])CCN(CCN(CP(=O)([O-])[O-])CP(=O)([O-])[O-])CP(=O)([O-])[O-].[H+].[H+].[H+].[H+].[H+].[H+].[H+].[K+].[K+].[K+].[K+].[K+].[K+].[K+].[K+].[K+]. The molecule has 0 atom stereocenters. The summed E-state index contributed by atoms with van der Waals surface area (Å²) in [6, 6.07) is 0. The molecule has 0 aliphatic carbocycles. The Labute approximate surface area is 771 Å². The fourth-order valence-corrected chi connectivity index (χ4v) is 11.1. The zero-order valence-corrected chi connectivity index (χ0v) is 73.1. The van der Waals surface area contributed by atoms with Crippen molar-refractivity contribution in [3.8, 4) is 0 Å². The molecule has 0 saturated carbocycles. The monoisotopic (exact) mass is 1330 g/mol. The topological polar surface area (TPSA) is 525 Å². The molecule has 47 heteroatoms. The number of hydrogen-bond acceptors (Lipinski definition) is 30. The van der Waals surface area contributed by atoms with Crippen molar-refractivity contribution < 1.29 is 587 Å². The summed E-state index contributed by atoms with van der Waals surface area (Å²) in [5.74, 6) is 0. The molecular formula is C18H43K9N6O24P8. The van der Waals surface area contributed by atoms with Crippen molar-refractivity contribution in [2.75, 3.05) is 116 Å². The standard InChI is InChI=1S/C18H52N6O24P8.9K/c25-49(26,27)11-19(3-5-21(13-51(31,32)33)7-9-23(15-53(37,38)39)16-54(40,41)42)1-2-20(12-50(28,29)30)4-6-22(14-52(34,35)36)8-10-24(17-55(43,44)45)18-56(46,47)48;;;;;;;;;/h1-18H2,(H2,25,26,27)(H2,28,29,30)(H2,31,32,33)(H2,34,35,36)(H2,37,38,39)(H2,40,41,42)(H2,43,44,45)(H2,46,47,48);;;;;;;;;/q;9*+1/p-9. The Morgan fingerprint density at radius 1 is 0.200 bits per heavy atom. The van der Waals surface area contributed by atoms with E-state index in [1.54, 1.807) is 0 Å². The number of hydrogen-bond donors (Lipinski definition) is 0. The molecule has 0 bridgehead atoms. The van der Waals surface area contributed by atoms with Crippen molar-refractivity contribution in [3.63, 3.8) is 0 Å². The van der Waals surface area contributed by atoms with E-state index in [4.69, 9.17) is 0 Å². The first-order valence-electron chi connectivity index (χ1n) is 15.1. The fourth-order valence-electron chi connectivity index (χ4n) is 4.76. The Kier molecular flexibility index (Phi) is 78.3. The molecular weight excluding hydrogens is 1280 g/mol. The van der Waals surface area contributed by atoms with Gasteiger partial charge in [0.15, 0.2) is 0 Å². The van der Waals surface area contributed by atoms with Crippen molar-refractivity contribution in [2.24, 2.45) is 0 Å². The summed E-state index contributed by atoms with van der Waals surface area (Å²) in [7, 11) is -44.1. The average molecular weight is 1330 g/mol. The molecule has 0 aromatic rings. The quantitative estimate of drug-likeness (QED) is 0.0459. The van der Waals surface area contributed by atoms with Gasteiger partial charge >= 0.3 is 472 Å². The minimum absolute atomic E-state index is 0. The zero-order chi connectivity index (χ0) is 44.2. The van der Waals surface area contributed by atoms with Crippen molar-refractivity contribution in [1.82, 2.24) is 29.4 Å². The average Bonchev–Trinajstić information content (AvgIpc) is 2.87. The molecule has 0 aromatic carbocycles. The van der Waals surface area contributed by atoms with Gasteiger partial charge in [0.25, 0.3) is 0 Å². The van der Waals surface area contributed by atoms with E-state index in [9.17, 15) is 115 Å². The van der Waals surface area contributed by atoms with E-state index in [0.717, 1.165) is 9.80 Å². The third kappa shape index (κ3) is 73.9. The van der Waals surface area contributed by atoms with Crippen LogP contribution in [0, 0.1) is 0 Å². The third-order valence-corrected chi connectivity index (χ3v) is 12.6. The minimum Gasteiger partial charge on any atom is -0.810 e. The van der Waals surface area contributed by atoms with Crippen LogP contribution in [0.4, 0.5) is 0 Å². The van der Waals surface area contributed by atoms with Gasteiger partial charge in [0.2, 0.25) is 0 Å². The van der Waals surface area contributed by atoms with E-state index in [1.165, 1.54) is 0 Å². The molecule has 0 unspecified atom stereocenters. The molecule has 0 saturated heterocycles. The molecule has 65 heavy (non-hydrogen) atoms. The predicted molar refractivity (Wildman–Crippen MR) is 167 cm³/mol. The van der Waals surface area contributed by atoms with Crippen LogP contribution in [-0.2, 0) is 36.5 Å². The van der Waals surface area contributed by atoms with Gasteiger partial charge < -0.3 is 115 Å². The van der Waals surface area contributed by atoms with E-state index in [0.29, 0.717) is 19.6 Å². The first-order chi connectivity index (χ1) is 24.7. The summed E-state index contributed by atoms with van der Waals surface area (Å²) in [4.78, 5) is 185. The van der Waals surface area contributed by atoms with Gasteiger partial charge in [-0.25, -0.2) is 0 Å². The Morgan fingerprint density at radius 2 is 0.277 bits per heavy atom. The molecule has 0 spiro atoms. The molecule has 0 fully saturated rings. The predicted octanol–water partition coefficient (Wildman–Crippen LogP) is -40.4. The van der Waals surface area contributed by atoms with E-state index in [2.05, 4.69) is 0 Å². The van der Waals surface area contributed by atoms with Crippen LogP contribution in [0.15, 0.2) is 0 Å². The Balaban J connectivity index is -0.000000126. The van der Waals surface area contributed by atoms with Gasteiger partial charge in [0.05, 0.1) is 0 Å². The smallest absolute Gasteiger partial charge is 0.810 e. The maximum absolute atomic E-state index is 11.6. The van der Waals surface area contributed by atoms with E-state index in [-0.39, 0.29) is 472 Å². The molecule has 0 heterocycles. The summed E-state index contributed by atoms with van der Waals surface area (Å²) in [6.07, 6.45) is -11.6. The van der Waals surface area contributed by atoms with Crippen LogP contribution in [0.1, 0.15) is 9.99 Å². The molecule has 0 aliphatic heterocycles. The number of rotatable bonds is 31. The maximum Gasteiger partial charge on any atom is 1.00 e. The summed E-state index contributed by atoms with van der Waals surface area (Å²) in [5, 5.41) is 0. The van der Waals surface area contributed by atoms with Gasteiger partial charge in [-0.05, 0) is 0 Å². The second-order valence-corrected chi connectivity index (χ2v) is 24.3. The Bertz CT molecular complexity index is 1500. The maximum atomic E-state index is 11.6. The first kappa shape index (κ1) is 103. The summed E-state index contributed by atoms with van der Waals surface area (Å²) in [6.45, 7) is -7.35. The third-order valence-electron chi connectivity index (χ3n) is 6.65. The minimum atomic E-state index is -5.52. The van der Waals surface area contributed by atoms with Crippen LogP contribution in [0.25, 0.3) is 0 Å². The molecule has 0 aliphatic rings. The van der Waals surface area contributed by atoms with Crippen LogP contribution in [0.5, 0.6) is 0 Å². The largest absolute Gasteiger partial charge is 1.00 e. The van der Waals surface area contributed by atoms with Crippen LogP contribution in [0.3, 0.4) is 0 Å². The van der Waals surface area contributed by atoms with E-state index >= 15 is 0 Å². The van der Waals surface area contributed by atoms with Crippen LogP contribution in [0.2, 0.25) is 0 Å². The molecule has 0 amide bonds. The van der Waals surface area contributed by atoms with Crippen molar-refractivity contribution >= 4 is 60.8 Å². The van der Waals surface area contributed by atoms with Crippen molar-refractivity contribution in [2.45, 2.75) is 0 Å². The fraction of sp³-hybridized carbons (Fsp3) is 1.00. The molecule has 0 N–H and O–H groups in total. The van der Waals surface area contributed by atoms with Crippen molar-refractivity contribution in [3.05, 3.63) is 0 Å². The molecule has 338 valence electrons. The Morgan fingerprint density at radius 3 is 0.369 bits per heavy atom. The van der Waals surface area contributed by atoms with Crippen LogP contribution < -0.4 is 541 Å². The van der Waals surface area contributed by atoms with E-state index < -0.39 is 177 Å². The summed E-state index contributed by atoms with van der Waals surface area (Å²) in [5.41, 5.74) is 0. The molecule has 0 radical (unpaired) electrons. The second-order valence-electron chi connectivity index (χ2n) is 12.3. The van der Waals surface area contributed by atoms with Gasteiger partial charge in [-0.2, -0.15) is 0 Å². The van der Waals surface area contributed by atoms with Gasteiger partial charge in [0.1, 0.15) is 0 Å². The van der Waals surface area contributed by atoms with Gasteiger partial charge in [-0.3, -0.25) is 29.4 Å². The number of nitrogens with zero attached hydrogens (tertiary/aromatic N) is 6. The second kappa shape index (κ2) is 49.6. The summed E-state index contributed by atoms with van der Waals surface area (Å²) < 4.78 is 91.0. The first-order valence-corrected chi connectivity index (χ1v) is 28.9. The van der Waals surface area contributed by atoms with Crippen molar-refractivity contribution in [1.29, 1.82) is 0 Å². The molecule has 0 rings (SSSR count). The van der Waals surface area contributed by atoms with E-state index in [1.807, 2.05) is 0 Å². The Hall–Kier alpha value is 15.7. The summed E-state index contributed by atoms with van der Waals surface area (Å²) >= 11 is 0. The van der Waals surface area contributed by atoms with Gasteiger partial charge in [0, 0.05) is 116 Å². The van der Waals surface area contributed by atoms with Gasteiger partial charge in [-0.15, -0.1) is 0 Å². The van der Waals surface area contributed by atoms with Gasteiger partial charge in [-0.1, -0.05) is 60.8 Å². The normalized spacial score (nSPS) is 12.7. The molecule has 0 aromatic heterocycles. The zero-order valence-electron chi connectivity index (χ0n) is 44.8. The van der Waals surface area contributed by atoms with Crippen LogP contribution in [-0.4, -0.2) is 145 Å². The van der Waals surface area contributed by atoms with Crippen LogP contribution >= 0.6 is 60.8 Å². The molecule has 30 nitrogen and oxygen atoms in total.